The second-order valence-corrected chi connectivity index (χ2v) is 7.21. The molecule has 0 bridgehead atoms. The van der Waals surface area contributed by atoms with Crippen LogP contribution in [0.15, 0.2) is 24.5 Å². The van der Waals surface area contributed by atoms with Crippen LogP contribution in [0.5, 0.6) is 0 Å². The number of rotatable bonds is 4. The average Bonchev–Trinajstić information content (AvgIpc) is 3.44. The Morgan fingerprint density at radius 3 is 2.36 bits per heavy atom. The van der Waals surface area contributed by atoms with Crippen molar-refractivity contribution in [2.24, 2.45) is 0 Å². The minimum Gasteiger partial charge on any atom is -0.337 e. The number of carbonyl (C=O) groups excluding carboxylic acids is 1. The lowest BCUT2D eigenvalue weighted by Gasteiger charge is -2.36. The Labute approximate surface area is 160 Å². The summed E-state index contributed by atoms with van der Waals surface area (Å²) < 4.78 is 40.6. The van der Waals surface area contributed by atoms with E-state index >= 15 is 0 Å². The van der Waals surface area contributed by atoms with Gasteiger partial charge >= 0.3 is 6.18 Å². The molecule has 1 saturated carbocycles. The van der Waals surface area contributed by atoms with Crippen molar-refractivity contribution in [1.29, 1.82) is 0 Å². The molecule has 1 saturated heterocycles. The van der Waals surface area contributed by atoms with Gasteiger partial charge in [-0.15, -0.1) is 0 Å². The van der Waals surface area contributed by atoms with Crippen molar-refractivity contribution in [3.8, 4) is 0 Å². The van der Waals surface area contributed by atoms with Crippen molar-refractivity contribution in [2.45, 2.75) is 37.9 Å². The number of halogens is 3. The van der Waals surface area contributed by atoms with Crippen molar-refractivity contribution in [3.63, 3.8) is 0 Å². The summed E-state index contributed by atoms with van der Waals surface area (Å²) in [5.41, 5.74) is -0.426. The lowest BCUT2D eigenvalue weighted by atomic mass is 10.2. The number of hydrogen-bond acceptors (Lipinski definition) is 5. The number of hydrogen-bond donors (Lipinski definition) is 0. The largest absolute Gasteiger partial charge is 0.435 e. The molecule has 0 N–H and O–H groups in total. The van der Waals surface area contributed by atoms with Gasteiger partial charge in [-0.3, -0.25) is 9.48 Å². The molecule has 10 heteroatoms. The minimum absolute atomic E-state index is 0.0610. The Morgan fingerprint density at radius 2 is 1.79 bits per heavy atom. The van der Waals surface area contributed by atoms with E-state index in [-0.39, 0.29) is 11.8 Å². The van der Waals surface area contributed by atoms with E-state index in [1.165, 1.54) is 4.68 Å². The summed E-state index contributed by atoms with van der Waals surface area (Å²) in [5.74, 6) is 0.457. The SMILES string of the molecule is C[C@@H](C(=O)N1CCN(c2ncccn2)CC1)n1nc(C(F)(F)F)cc1C1CC1. The second kappa shape index (κ2) is 7.06. The molecule has 2 aromatic heterocycles. The number of amides is 1. The number of nitrogens with zero attached hydrogens (tertiary/aromatic N) is 6. The molecule has 4 rings (SSSR count). The summed E-state index contributed by atoms with van der Waals surface area (Å²) in [6.07, 6.45) is 0.479. The molecule has 2 aliphatic rings. The van der Waals surface area contributed by atoms with Crippen LogP contribution in [0.1, 0.15) is 43.1 Å². The van der Waals surface area contributed by atoms with Crippen molar-refractivity contribution < 1.29 is 18.0 Å². The van der Waals surface area contributed by atoms with Crippen molar-refractivity contribution >= 4 is 11.9 Å². The van der Waals surface area contributed by atoms with E-state index in [1.54, 1.807) is 30.3 Å². The van der Waals surface area contributed by atoms with Gasteiger partial charge in [-0.25, -0.2) is 9.97 Å². The minimum atomic E-state index is -4.51. The fraction of sp³-hybridized carbons (Fsp3) is 0.556. The number of aromatic nitrogens is 4. The maximum atomic E-state index is 13.1. The lowest BCUT2D eigenvalue weighted by Crippen LogP contribution is -2.51. The van der Waals surface area contributed by atoms with Crippen LogP contribution in [0.3, 0.4) is 0 Å². The van der Waals surface area contributed by atoms with Crippen LogP contribution in [0.2, 0.25) is 0 Å². The molecule has 150 valence electrons. The summed E-state index contributed by atoms with van der Waals surface area (Å²) >= 11 is 0. The summed E-state index contributed by atoms with van der Waals surface area (Å²) in [4.78, 5) is 25.0. The molecule has 2 aromatic rings. The highest BCUT2D eigenvalue weighted by Crippen LogP contribution is 2.43. The highest BCUT2D eigenvalue weighted by molar-refractivity contribution is 5.80. The third-order valence-corrected chi connectivity index (χ3v) is 5.20. The van der Waals surface area contributed by atoms with E-state index in [1.807, 2.05) is 4.90 Å². The molecule has 0 radical (unpaired) electrons. The normalized spacial score (nSPS) is 19.0. The molecular weight excluding hydrogens is 373 g/mol. The third kappa shape index (κ3) is 3.67. The Kier molecular flexibility index (Phi) is 4.72. The molecular formula is C18H21F3N6O. The molecule has 1 aliphatic heterocycles. The van der Waals surface area contributed by atoms with E-state index in [9.17, 15) is 18.0 Å². The highest BCUT2D eigenvalue weighted by Gasteiger charge is 2.40. The Bertz CT molecular complexity index is 841. The molecule has 1 aliphatic carbocycles. The molecule has 1 atom stereocenters. The predicted molar refractivity (Wildman–Crippen MR) is 94.7 cm³/mol. The van der Waals surface area contributed by atoms with Crippen LogP contribution in [0.4, 0.5) is 19.1 Å². The van der Waals surface area contributed by atoms with Gasteiger partial charge in [0.15, 0.2) is 5.69 Å². The van der Waals surface area contributed by atoms with E-state index in [0.29, 0.717) is 37.8 Å². The maximum absolute atomic E-state index is 13.1. The Morgan fingerprint density at radius 1 is 1.14 bits per heavy atom. The van der Waals surface area contributed by atoms with Gasteiger partial charge < -0.3 is 9.80 Å². The van der Waals surface area contributed by atoms with E-state index in [4.69, 9.17) is 0 Å². The monoisotopic (exact) mass is 394 g/mol. The Hall–Kier alpha value is -2.65. The number of anilines is 1. The van der Waals surface area contributed by atoms with Crippen LogP contribution in [-0.2, 0) is 11.0 Å². The number of carbonyl (C=O) groups is 1. The first kappa shape index (κ1) is 18.7. The maximum Gasteiger partial charge on any atom is 0.435 e. The first-order valence-corrected chi connectivity index (χ1v) is 9.32. The van der Waals surface area contributed by atoms with Crippen LogP contribution in [0, 0.1) is 0 Å². The number of piperazine rings is 1. The van der Waals surface area contributed by atoms with Crippen LogP contribution >= 0.6 is 0 Å². The van der Waals surface area contributed by atoms with Crippen molar-refractivity contribution in [1.82, 2.24) is 24.6 Å². The van der Waals surface area contributed by atoms with Crippen LogP contribution in [-0.4, -0.2) is 56.7 Å². The van der Waals surface area contributed by atoms with Gasteiger partial charge in [-0.2, -0.15) is 18.3 Å². The Balaban J connectivity index is 1.46. The second-order valence-electron chi connectivity index (χ2n) is 7.21. The van der Waals surface area contributed by atoms with Crippen LogP contribution < -0.4 is 4.90 Å². The standard InChI is InChI=1S/C18H21F3N6O/c1-12(27-14(13-3-4-13)11-15(24-27)18(19,20)21)16(28)25-7-9-26(10-8-25)17-22-5-2-6-23-17/h2,5-6,11-13H,3-4,7-10H2,1H3/t12-/m0/s1. The van der Waals surface area contributed by atoms with E-state index in [2.05, 4.69) is 15.1 Å². The summed E-state index contributed by atoms with van der Waals surface area (Å²) in [6.45, 7) is 3.70. The fourth-order valence-electron chi connectivity index (χ4n) is 3.49. The van der Waals surface area contributed by atoms with E-state index < -0.39 is 17.9 Å². The van der Waals surface area contributed by atoms with Gasteiger partial charge in [0.1, 0.15) is 6.04 Å². The molecule has 28 heavy (non-hydrogen) atoms. The summed E-state index contributed by atoms with van der Waals surface area (Å²) in [7, 11) is 0. The number of alkyl halides is 3. The van der Waals surface area contributed by atoms with Gasteiger partial charge in [0, 0.05) is 50.2 Å². The third-order valence-electron chi connectivity index (χ3n) is 5.20. The molecule has 7 nitrogen and oxygen atoms in total. The van der Waals surface area contributed by atoms with Gasteiger partial charge in [0.05, 0.1) is 0 Å². The van der Waals surface area contributed by atoms with Gasteiger partial charge in [0.25, 0.3) is 0 Å². The lowest BCUT2D eigenvalue weighted by molar-refractivity contribution is -0.142. The zero-order valence-electron chi connectivity index (χ0n) is 15.4. The quantitative estimate of drug-likeness (QED) is 0.797. The average molecular weight is 394 g/mol. The highest BCUT2D eigenvalue weighted by atomic mass is 19.4. The smallest absolute Gasteiger partial charge is 0.337 e. The van der Waals surface area contributed by atoms with Gasteiger partial charge in [0.2, 0.25) is 11.9 Å². The molecule has 0 unspecified atom stereocenters. The fourth-order valence-corrected chi connectivity index (χ4v) is 3.49. The molecule has 0 spiro atoms. The van der Waals surface area contributed by atoms with Crippen LogP contribution in [0.25, 0.3) is 0 Å². The first-order chi connectivity index (χ1) is 13.3. The summed E-state index contributed by atoms with van der Waals surface area (Å²) in [6, 6.07) is 2.06. The van der Waals surface area contributed by atoms with Gasteiger partial charge in [-0.1, -0.05) is 0 Å². The van der Waals surface area contributed by atoms with Crippen molar-refractivity contribution in [2.75, 3.05) is 31.1 Å². The zero-order chi connectivity index (χ0) is 19.9. The van der Waals surface area contributed by atoms with Gasteiger partial charge in [-0.05, 0) is 31.9 Å². The topological polar surface area (TPSA) is 67.2 Å². The molecule has 1 amide bonds. The summed E-state index contributed by atoms with van der Waals surface area (Å²) in [5, 5.41) is 3.73. The van der Waals surface area contributed by atoms with Crippen molar-refractivity contribution in [3.05, 3.63) is 35.9 Å². The molecule has 2 fully saturated rings. The molecule has 3 heterocycles. The predicted octanol–water partition coefficient (Wildman–Crippen LogP) is 2.48. The zero-order valence-corrected chi connectivity index (χ0v) is 15.4. The first-order valence-electron chi connectivity index (χ1n) is 9.32. The molecule has 0 aromatic carbocycles. The van der Waals surface area contributed by atoms with E-state index in [0.717, 1.165) is 18.9 Å².